The van der Waals surface area contributed by atoms with Crippen molar-refractivity contribution in [2.45, 2.75) is 71.6 Å². The van der Waals surface area contributed by atoms with Crippen molar-refractivity contribution in [3.63, 3.8) is 0 Å². The smallest absolute Gasteiger partial charge is 0.410 e. The summed E-state index contributed by atoms with van der Waals surface area (Å²) in [7, 11) is 0. The van der Waals surface area contributed by atoms with Crippen LogP contribution < -0.4 is 0 Å². The summed E-state index contributed by atoms with van der Waals surface area (Å²) in [5, 5.41) is 0. The number of amides is 2. The zero-order valence-corrected chi connectivity index (χ0v) is 24.7. The van der Waals surface area contributed by atoms with Crippen LogP contribution >= 0.6 is 0 Å². The summed E-state index contributed by atoms with van der Waals surface area (Å²) in [6.45, 7) is 10.1. The molecule has 1 saturated heterocycles. The normalized spacial score (nSPS) is 19.1. The third-order valence-electron chi connectivity index (χ3n) is 8.16. The number of ketones is 1. The molecular formula is C35H40N2O4. The van der Waals surface area contributed by atoms with Crippen LogP contribution in [0.5, 0.6) is 0 Å². The molecule has 2 aliphatic rings. The van der Waals surface area contributed by atoms with Crippen LogP contribution in [0.4, 0.5) is 4.79 Å². The minimum absolute atomic E-state index is 0.0786. The molecule has 6 heteroatoms. The maximum Gasteiger partial charge on any atom is 0.410 e. The number of likely N-dealkylation sites (tertiary alicyclic amines) is 1. The maximum atomic E-state index is 14.5. The molecule has 2 atom stereocenters. The SMILES string of the molecule is Cc1cccc(CN(C(=O)[C@H]2CN(C(=O)OC(C)(C)C)CC(=O)[C@@H]2c2cccc(-c3ccccc3)c2)C2CC2)c1C. The molecule has 6 nitrogen and oxygen atoms in total. The van der Waals surface area contributed by atoms with E-state index in [1.54, 1.807) is 20.8 Å². The fraction of sp³-hybridized carbons (Fsp3) is 0.400. The van der Waals surface area contributed by atoms with Crippen molar-refractivity contribution in [1.82, 2.24) is 9.80 Å². The van der Waals surface area contributed by atoms with Crippen molar-refractivity contribution >= 4 is 17.8 Å². The average Bonchev–Trinajstić information content (AvgIpc) is 3.78. The zero-order chi connectivity index (χ0) is 29.3. The van der Waals surface area contributed by atoms with Crippen LogP contribution in [0.1, 0.15) is 61.8 Å². The lowest BCUT2D eigenvalue weighted by Gasteiger charge is -2.40. The summed E-state index contributed by atoms with van der Waals surface area (Å²) in [5.74, 6) is -1.58. The highest BCUT2D eigenvalue weighted by Crippen LogP contribution is 2.38. The third-order valence-corrected chi connectivity index (χ3v) is 8.16. The Balaban J connectivity index is 1.51. The van der Waals surface area contributed by atoms with Gasteiger partial charge < -0.3 is 14.5 Å². The van der Waals surface area contributed by atoms with Gasteiger partial charge in [0.15, 0.2) is 5.78 Å². The van der Waals surface area contributed by atoms with E-state index in [1.165, 1.54) is 16.0 Å². The molecule has 1 aliphatic heterocycles. The number of carbonyl (C=O) groups excluding carboxylic acids is 3. The van der Waals surface area contributed by atoms with Gasteiger partial charge in [0.05, 0.1) is 18.4 Å². The van der Waals surface area contributed by atoms with Crippen LogP contribution in [0.2, 0.25) is 0 Å². The quantitative estimate of drug-likeness (QED) is 0.342. The molecule has 0 N–H and O–H groups in total. The van der Waals surface area contributed by atoms with Crippen LogP contribution in [-0.4, -0.2) is 52.3 Å². The summed E-state index contributed by atoms with van der Waals surface area (Å²) in [5.41, 5.74) is 5.61. The summed E-state index contributed by atoms with van der Waals surface area (Å²) >= 11 is 0. The molecular weight excluding hydrogens is 512 g/mol. The second-order valence-corrected chi connectivity index (χ2v) is 12.5. The molecule has 5 rings (SSSR count). The Morgan fingerprint density at radius 1 is 0.927 bits per heavy atom. The average molecular weight is 553 g/mol. The molecule has 0 unspecified atom stereocenters. The van der Waals surface area contributed by atoms with E-state index in [1.807, 2.05) is 65.6 Å². The van der Waals surface area contributed by atoms with Gasteiger partial charge in [-0.05, 0) is 80.8 Å². The lowest BCUT2D eigenvalue weighted by atomic mass is 9.78. The van der Waals surface area contributed by atoms with Gasteiger partial charge in [-0.15, -0.1) is 0 Å². The van der Waals surface area contributed by atoms with Crippen LogP contribution in [0.15, 0.2) is 72.8 Å². The first-order valence-electron chi connectivity index (χ1n) is 14.5. The van der Waals surface area contributed by atoms with E-state index in [0.29, 0.717) is 6.54 Å². The summed E-state index contributed by atoms with van der Waals surface area (Å²) in [4.78, 5) is 44.9. The highest BCUT2D eigenvalue weighted by Gasteiger charge is 2.46. The fourth-order valence-corrected chi connectivity index (χ4v) is 5.72. The van der Waals surface area contributed by atoms with Crippen LogP contribution in [-0.2, 0) is 20.9 Å². The zero-order valence-electron chi connectivity index (χ0n) is 24.7. The van der Waals surface area contributed by atoms with E-state index in [9.17, 15) is 14.4 Å². The molecule has 0 bridgehead atoms. The first-order valence-corrected chi connectivity index (χ1v) is 14.5. The number of nitrogens with zero attached hydrogens (tertiary/aromatic N) is 2. The Labute approximate surface area is 243 Å². The Hall–Kier alpha value is -3.93. The number of ether oxygens (including phenoxy) is 1. The topological polar surface area (TPSA) is 66.9 Å². The first kappa shape index (κ1) is 28.6. The standard InChI is InChI=1S/C35H40N2O4/c1-23-11-9-16-28(24(23)2)20-37(29-17-18-29)33(39)30-21-36(34(40)41-35(3,4)5)22-31(38)32(30)27-15-10-14-26(19-27)25-12-7-6-8-13-25/h6-16,19,29-30,32H,17-18,20-22H2,1-5H3/t30-,32+/m0/s1. The lowest BCUT2D eigenvalue weighted by Crippen LogP contribution is -2.54. The third kappa shape index (κ3) is 6.53. The fourth-order valence-electron chi connectivity index (χ4n) is 5.72. The minimum Gasteiger partial charge on any atom is -0.444 e. The Morgan fingerprint density at radius 3 is 2.29 bits per heavy atom. The van der Waals surface area contributed by atoms with Gasteiger partial charge in [-0.1, -0.05) is 72.8 Å². The van der Waals surface area contributed by atoms with Crippen molar-refractivity contribution in [2.75, 3.05) is 13.1 Å². The van der Waals surface area contributed by atoms with Gasteiger partial charge in [-0.25, -0.2) is 4.79 Å². The molecule has 1 aliphatic carbocycles. The molecule has 2 amide bonds. The van der Waals surface area contributed by atoms with E-state index in [0.717, 1.165) is 35.1 Å². The van der Waals surface area contributed by atoms with Crippen molar-refractivity contribution in [3.05, 3.63) is 95.1 Å². The number of piperidine rings is 1. The van der Waals surface area contributed by atoms with Gasteiger partial charge in [-0.3, -0.25) is 9.59 Å². The molecule has 0 aromatic heterocycles. The number of hydrogen-bond acceptors (Lipinski definition) is 4. The summed E-state index contributed by atoms with van der Waals surface area (Å²) in [6.07, 6.45) is 1.33. The molecule has 2 fully saturated rings. The molecule has 3 aromatic rings. The molecule has 41 heavy (non-hydrogen) atoms. The van der Waals surface area contributed by atoms with E-state index >= 15 is 0 Å². The number of Topliss-reactive ketones (excluding diaryl/α,β-unsaturated/α-hetero) is 1. The monoisotopic (exact) mass is 552 g/mol. The highest BCUT2D eigenvalue weighted by atomic mass is 16.6. The van der Waals surface area contributed by atoms with Gasteiger partial charge in [0.2, 0.25) is 5.91 Å². The van der Waals surface area contributed by atoms with Crippen molar-refractivity contribution in [3.8, 4) is 11.1 Å². The molecule has 214 valence electrons. The van der Waals surface area contributed by atoms with Crippen molar-refractivity contribution < 1.29 is 19.1 Å². The van der Waals surface area contributed by atoms with E-state index < -0.39 is 23.5 Å². The lowest BCUT2D eigenvalue weighted by molar-refractivity contribution is -0.143. The molecule has 0 radical (unpaired) electrons. The predicted molar refractivity (Wildman–Crippen MR) is 160 cm³/mol. The maximum absolute atomic E-state index is 14.5. The van der Waals surface area contributed by atoms with Crippen LogP contribution in [0, 0.1) is 19.8 Å². The largest absolute Gasteiger partial charge is 0.444 e. The van der Waals surface area contributed by atoms with Crippen molar-refractivity contribution in [2.24, 2.45) is 5.92 Å². The first-order chi connectivity index (χ1) is 19.5. The number of rotatable bonds is 6. The number of benzene rings is 3. The summed E-state index contributed by atoms with van der Waals surface area (Å²) < 4.78 is 5.63. The van der Waals surface area contributed by atoms with Crippen molar-refractivity contribution in [1.29, 1.82) is 0 Å². The number of hydrogen-bond donors (Lipinski definition) is 0. The van der Waals surface area contributed by atoms with Crippen LogP contribution in [0.3, 0.4) is 0 Å². The van der Waals surface area contributed by atoms with Gasteiger partial charge in [-0.2, -0.15) is 0 Å². The van der Waals surface area contributed by atoms with Gasteiger partial charge in [0.25, 0.3) is 0 Å². The second-order valence-electron chi connectivity index (χ2n) is 12.5. The molecule has 1 saturated carbocycles. The second kappa shape index (κ2) is 11.5. The van der Waals surface area contributed by atoms with E-state index in [2.05, 4.69) is 26.0 Å². The van der Waals surface area contributed by atoms with Gasteiger partial charge in [0.1, 0.15) is 5.60 Å². The van der Waals surface area contributed by atoms with Gasteiger partial charge >= 0.3 is 6.09 Å². The van der Waals surface area contributed by atoms with E-state index in [4.69, 9.17) is 4.74 Å². The highest BCUT2D eigenvalue weighted by molar-refractivity contribution is 5.97. The number of carbonyl (C=O) groups is 3. The predicted octanol–water partition coefficient (Wildman–Crippen LogP) is 6.68. The minimum atomic E-state index is -0.708. The van der Waals surface area contributed by atoms with Gasteiger partial charge in [0, 0.05) is 19.1 Å². The molecule has 3 aromatic carbocycles. The molecule has 1 heterocycles. The Bertz CT molecular complexity index is 1440. The van der Waals surface area contributed by atoms with E-state index in [-0.39, 0.29) is 30.8 Å². The molecule has 0 spiro atoms. The Morgan fingerprint density at radius 2 is 1.61 bits per heavy atom. The summed E-state index contributed by atoms with van der Waals surface area (Å²) in [6, 6.07) is 24.3. The number of aryl methyl sites for hydroxylation is 1. The Kier molecular flexibility index (Phi) is 8.03. The van der Waals surface area contributed by atoms with Crippen LogP contribution in [0.25, 0.3) is 11.1 Å².